The summed E-state index contributed by atoms with van der Waals surface area (Å²) in [5, 5.41) is 22.4. The molecule has 9 heteroatoms. The summed E-state index contributed by atoms with van der Waals surface area (Å²) >= 11 is 0. The molecular weight excluding hydrogens is 620 g/mol. The smallest absolute Gasteiger partial charge is 0.328 e. The van der Waals surface area contributed by atoms with E-state index in [9.17, 15) is 19.2 Å². The Labute approximate surface area is 297 Å². The van der Waals surface area contributed by atoms with Gasteiger partial charge in [-0.3, -0.25) is 14.4 Å². The van der Waals surface area contributed by atoms with Gasteiger partial charge in [-0.2, -0.15) is 0 Å². The van der Waals surface area contributed by atoms with Crippen LogP contribution in [0.25, 0.3) is 0 Å². The molecule has 0 aliphatic carbocycles. The molecule has 0 radical (unpaired) electrons. The zero-order valence-corrected chi connectivity index (χ0v) is 30.9. The van der Waals surface area contributed by atoms with E-state index in [-0.39, 0.29) is 24.8 Å². The average molecular weight is 691 g/mol. The molecule has 9 nitrogen and oxygen atoms in total. The molecule has 0 aromatic carbocycles. The Morgan fingerprint density at radius 2 is 1.16 bits per heavy atom. The van der Waals surface area contributed by atoms with Crippen molar-refractivity contribution in [2.24, 2.45) is 0 Å². The highest BCUT2D eigenvalue weighted by Crippen LogP contribution is 2.15. The minimum Gasteiger partial charge on any atom is -0.480 e. The Morgan fingerprint density at radius 1 is 0.633 bits per heavy atom. The predicted octanol–water partition coefficient (Wildman–Crippen LogP) is 8.65. The van der Waals surface area contributed by atoms with Crippen molar-refractivity contribution >= 4 is 23.8 Å². The molecule has 0 heterocycles. The number of carboxylic acids is 1. The second kappa shape index (κ2) is 34.9. The highest BCUT2D eigenvalue weighted by molar-refractivity contribution is 5.87. The fourth-order valence-corrected chi connectivity index (χ4v) is 5.38. The number of unbranched alkanes of at least 4 members (excludes halogenated alkanes) is 18. The number of hydrogen-bond donors (Lipinski definition) is 4. The van der Waals surface area contributed by atoms with Gasteiger partial charge in [0.25, 0.3) is 0 Å². The third kappa shape index (κ3) is 32.0. The molecule has 0 rings (SSSR count). The maximum atomic E-state index is 12.6. The SMILES string of the molecule is CC/C=C\C/C=C\C(/C=C\CCCCCC(=O)NCC(=O)NC(CO)C(=O)O)OC(=O)CCCCCCCCCCCCCCCCCC. The highest BCUT2D eigenvalue weighted by atomic mass is 16.5. The first-order valence-corrected chi connectivity index (χ1v) is 19.4. The van der Waals surface area contributed by atoms with Crippen molar-refractivity contribution in [3.8, 4) is 0 Å². The van der Waals surface area contributed by atoms with Gasteiger partial charge in [0.15, 0.2) is 0 Å². The van der Waals surface area contributed by atoms with E-state index in [0.717, 1.165) is 44.9 Å². The van der Waals surface area contributed by atoms with E-state index in [4.69, 9.17) is 14.9 Å². The van der Waals surface area contributed by atoms with Crippen LogP contribution in [0.15, 0.2) is 36.5 Å². The van der Waals surface area contributed by atoms with E-state index in [1.54, 1.807) is 0 Å². The fourth-order valence-electron chi connectivity index (χ4n) is 5.38. The second-order valence-corrected chi connectivity index (χ2v) is 13.0. The molecule has 0 saturated heterocycles. The summed E-state index contributed by atoms with van der Waals surface area (Å²) in [7, 11) is 0. The number of esters is 1. The lowest BCUT2D eigenvalue weighted by Crippen LogP contribution is -2.47. The molecule has 0 spiro atoms. The number of rotatable bonds is 34. The molecule has 0 aliphatic heterocycles. The molecule has 0 saturated carbocycles. The third-order valence-electron chi connectivity index (χ3n) is 8.36. The van der Waals surface area contributed by atoms with Crippen LogP contribution in [0.3, 0.4) is 0 Å². The van der Waals surface area contributed by atoms with Crippen molar-refractivity contribution in [3.63, 3.8) is 0 Å². The first kappa shape index (κ1) is 46.1. The molecule has 4 N–H and O–H groups in total. The lowest BCUT2D eigenvalue weighted by atomic mass is 10.0. The van der Waals surface area contributed by atoms with Gasteiger partial charge in [0.1, 0.15) is 12.1 Å². The van der Waals surface area contributed by atoms with Crippen LogP contribution in [-0.2, 0) is 23.9 Å². The number of nitrogens with one attached hydrogen (secondary N) is 2. The number of aliphatic carboxylic acids is 1. The van der Waals surface area contributed by atoms with Crippen LogP contribution in [0.5, 0.6) is 0 Å². The lowest BCUT2D eigenvalue weighted by molar-refractivity contribution is -0.145. The van der Waals surface area contributed by atoms with Crippen LogP contribution in [0, 0.1) is 0 Å². The van der Waals surface area contributed by atoms with Crippen molar-refractivity contribution < 1.29 is 34.1 Å². The lowest BCUT2D eigenvalue weighted by Gasteiger charge is -2.12. The number of aliphatic hydroxyl groups excluding tert-OH is 1. The van der Waals surface area contributed by atoms with Crippen molar-refractivity contribution in [1.29, 1.82) is 0 Å². The Balaban J connectivity index is 4.15. The molecule has 2 amide bonds. The molecular formula is C40H70N2O7. The van der Waals surface area contributed by atoms with Gasteiger partial charge in [0, 0.05) is 12.8 Å². The van der Waals surface area contributed by atoms with Crippen molar-refractivity contribution in [2.75, 3.05) is 13.2 Å². The van der Waals surface area contributed by atoms with Crippen LogP contribution in [0.2, 0.25) is 0 Å². The van der Waals surface area contributed by atoms with E-state index in [2.05, 4.69) is 36.6 Å². The molecule has 0 bridgehead atoms. The van der Waals surface area contributed by atoms with Gasteiger partial charge in [0.2, 0.25) is 11.8 Å². The maximum absolute atomic E-state index is 12.6. The Bertz CT molecular complexity index is 932. The van der Waals surface area contributed by atoms with E-state index in [1.165, 1.54) is 89.9 Å². The van der Waals surface area contributed by atoms with Crippen LogP contribution in [-0.4, -0.2) is 59.3 Å². The largest absolute Gasteiger partial charge is 0.480 e. The number of carbonyl (C=O) groups excluding carboxylic acids is 3. The van der Waals surface area contributed by atoms with Crippen molar-refractivity contribution in [2.45, 2.75) is 180 Å². The summed E-state index contributed by atoms with van der Waals surface area (Å²) in [5.41, 5.74) is 0. The Kier molecular flexibility index (Phi) is 32.8. The molecule has 2 unspecified atom stereocenters. The quantitative estimate of drug-likeness (QED) is 0.0301. The van der Waals surface area contributed by atoms with Crippen LogP contribution >= 0.6 is 0 Å². The summed E-state index contributed by atoms with van der Waals surface area (Å²) in [6, 6.07) is -1.39. The highest BCUT2D eigenvalue weighted by Gasteiger charge is 2.18. The molecule has 0 aromatic rings. The van der Waals surface area contributed by atoms with Crippen LogP contribution in [0.4, 0.5) is 0 Å². The number of carbonyl (C=O) groups is 4. The van der Waals surface area contributed by atoms with Crippen molar-refractivity contribution in [1.82, 2.24) is 10.6 Å². The maximum Gasteiger partial charge on any atom is 0.328 e. The van der Waals surface area contributed by atoms with Gasteiger partial charge in [-0.25, -0.2) is 4.79 Å². The first-order valence-electron chi connectivity index (χ1n) is 19.4. The summed E-state index contributed by atoms with van der Waals surface area (Å²) in [6.07, 6.45) is 38.1. The van der Waals surface area contributed by atoms with Gasteiger partial charge in [0.05, 0.1) is 13.2 Å². The summed E-state index contributed by atoms with van der Waals surface area (Å²) in [6.45, 7) is 3.30. The zero-order valence-electron chi connectivity index (χ0n) is 30.9. The van der Waals surface area contributed by atoms with Gasteiger partial charge in [-0.1, -0.05) is 141 Å². The predicted molar refractivity (Wildman–Crippen MR) is 199 cm³/mol. The van der Waals surface area contributed by atoms with Gasteiger partial charge < -0.3 is 25.6 Å². The number of allylic oxidation sites excluding steroid dienone is 4. The van der Waals surface area contributed by atoms with Crippen LogP contribution < -0.4 is 10.6 Å². The summed E-state index contributed by atoms with van der Waals surface area (Å²) in [4.78, 5) is 47.1. The molecule has 282 valence electrons. The topological polar surface area (TPSA) is 142 Å². The van der Waals surface area contributed by atoms with E-state index < -0.39 is 30.6 Å². The third-order valence-corrected chi connectivity index (χ3v) is 8.36. The number of ether oxygens (including phenoxy) is 1. The number of hydrogen-bond acceptors (Lipinski definition) is 6. The average Bonchev–Trinajstić information content (AvgIpc) is 3.08. The minimum absolute atomic E-state index is 0.164. The number of aliphatic hydroxyl groups is 1. The Morgan fingerprint density at radius 3 is 1.71 bits per heavy atom. The number of amides is 2. The number of carboxylic acid groups (broad SMARTS) is 1. The fraction of sp³-hybridized carbons (Fsp3) is 0.750. The van der Waals surface area contributed by atoms with E-state index in [0.29, 0.717) is 12.8 Å². The monoisotopic (exact) mass is 691 g/mol. The van der Waals surface area contributed by atoms with Gasteiger partial charge >= 0.3 is 11.9 Å². The summed E-state index contributed by atoms with van der Waals surface area (Å²) < 4.78 is 5.76. The van der Waals surface area contributed by atoms with E-state index in [1.807, 2.05) is 24.3 Å². The molecule has 0 fully saturated rings. The summed E-state index contributed by atoms with van der Waals surface area (Å²) in [5.74, 6) is -2.47. The molecule has 0 aromatic heterocycles. The first-order chi connectivity index (χ1) is 23.8. The van der Waals surface area contributed by atoms with Gasteiger partial charge in [-0.05, 0) is 50.7 Å². The normalized spacial score (nSPS) is 12.9. The van der Waals surface area contributed by atoms with Gasteiger partial charge in [-0.15, -0.1) is 0 Å². The van der Waals surface area contributed by atoms with Crippen LogP contribution in [0.1, 0.15) is 168 Å². The minimum atomic E-state index is -1.39. The molecule has 2 atom stereocenters. The molecule has 49 heavy (non-hydrogen) atoms. The standard InChI is InChI=1S/C40H70N2O7/c1-3-5-7-9-10-11-12-13-14-15-16-17-18-19-24-28-32-39(46)49-35(29-25-21-8-6-4-2)30-26-22-20-23-27-31-37(44)41-33-38(45)42-36(34-43)40(47)48/h6,8,25-26,29-30,35-36,43H,3-5,7,9-24,27-28,31-34H2,1-2H3,(H,41,44)(H,42,45)(H,47,48)/b8-6-,29-25-,30-26-. The Hall–Kier alpha value is -2.94. The molecule has 0 aliphatic rings. The van der Waals surface area contributed by atoms with Crippen molar-refractivity contribution in [3.05, 3.63) is 36.5 Å². The zero-order chi connectivity index (χ0) is 36.2. The second-order valence-electron chi connectivity index (χ2n) is 13.0. The van der Waals surface area contributed by atoms with E-state index >= 15 is 0 Å².